The summed E-state index contributed by atoms with van der Waals surface area (Å²) in [7, 11) is 0. The molecule has 0 radical (unpaired) electrons. The molecule has 1 aromatic carbocycles. The van der Waals surface area contributed by atoms with Gasteiger partial charge in [0.05, 0.1) is 42.0 Å². The Morgan fingerprint density at radius 1 is 1.52 bits per heavy atom. The number of carbonyl (C=O) groups is 1. The number of unbranched alkanes of at least 4 members (excludes halogenated alkanes) is 1. The van der Waals surface area contributed by atoms with Gasteiger partial charge in [-0.15, -0.1) is 0 Å². The van der Waals surface area contributed by atoms with Crippen molar-refractivity contribution in [2.75, 3.05) is 37.7 Å². The lowest BCUT2D eigenvalue weighted by Gasteiger charge is -2.31. The Labute approximate surface area is 145 Å². The minimum Gasteiger partial charge on any atom is -0.489 e. The molecule has 0 saturated carbocycles. The van der Waals surface area contributed by atoms with E-state index in [1.807, 2.05) is 11.8 Å². The molecule has 0 atom stereocenters. The van der Waals surface area contributed by atoms with Crippen LogP contribution in [-0.4, -0.2) is 49.0 Å². The summed E-state index contributed by atoms with van der Waals surface area (Å²) in [6.45, 7) is 3.83. The molecule has 2 rings (SSSR count). The molecule has 2 N–H and O–H groups in total. The van der Waals surface area contributed by atoms with Gasteiger partial charge >= 0.3 is 6.09 Å². The zero-order chi connectivity index (χ0) is 18.2. The third kappa shape index (κ3) is 4.96. The molecule has 1 aliphatic rings. The van der Waals surface area contributed by atoms with Gasteiger partial charge < -0.3 is 24.8 Å². The molecule has 0 saturated heterocycles. The molecule has 25 heavy (non-hydrogen) atoms. The highest BCUT2D eigenvalue weighted by Gasteiger charge is 2.24. The Kier molecular flexibility index (Phi) is 6.81. The summed E-state index contributed by atoms with van der Waals surface area (Å²) < 4.78 is 10.5. The van der Waals surface area contributed by atoms with Crippen molar-refractivity contribution in [3.63, 3.8) is 0 Å². The Hall–Kier alpha value is -2.55. The highest BCUT2D eigenvalue weighted by Crippen LogP contribution is 2.37. The number of carbonyl (C=O) groups excluding carboxylic acids is 1. The summed E-state index contributed by atoms with van der Waals surface area (Å²) in [6, 6.07) is 2.89. The molecule has 9 heteroatoms. The maximum absolute atomic E-state index is 11.5. The molecule has 0 aromatic heterocycles. The summed E-state index contributed by atoms with van der Waals surface area (Å²) in [6.07, 6.45) is 1.33. The van der Waals surface area contributed by atoms with Gasteiger partial charge in [0.2, 0.25) is 0 Å². The van der Waals surface area contributed by atoms with Crippen molar-refractivity contribution in [3.8, 4) is 5.75 Å². The van der Waals surface area contributed by atoms with Gasteiger partial charge in [-0.3, -0.25) is 10.1 Å². The van der Waals surface area contributed by atoms with Crippen LogP contribution in [0.2, 0.25) is 0 Å². The molecule has 1 heterocycles. The highest BCUT2D eigenvalue weighted by atomic mass is 16.6. The van der Waals surface area contributed by atoms with E-state index in [2.05, 4.69) is 5.32 Å². The predicted molar refractivity (Wildman–Crippen MR) is 91.0 cm³/mol. The molecule has 0 bridgehead atoms. The number of fused-ring (bicyclic) bond motifs is 1. The number of aliphatic hydroxyl groups is 1. The van der Waals surface area contributed by atoms with Gasteiger partial charge in [-0.05, 0) is 12.5 Å². The number of hydrogen-bond donors (Lipinski definition) is 2. The quantitative estimate of drug-likeness (QED) is 0.416. The third-order valence-electron chi connectivity index (χ3n) is 3.87. The van der Waals surface area contributed by atoms with Crippen molar-refractivity contribution in [3.05, 3.63) is 27.8 Å². The molecular weight excluding hydrogens is 330 g/mol. The second-order valence-electron chi connectivity index (χ2n) is 5.62. The van der Waals surface area contributed by atoms with Crippen LogP contribution in [0.15, 0.2) is 12.1 Å². The lowest BCUT2D eigenvalue weighted by atomic mass is 10.1. The number of alkyl carbamates (subject to hydrolysis) is 1. The van der Waals surface area contributed by atoms with Crippen LogP contribution >= 0.6 is 0 Å². The van der Waals surface area contributed by atoms with E-state index in [9.17, 15) is 20.0 Å². The van der Waals surface area contributed by atoms with E-state index in [0.717, 1.165) is 12.8 Å². The fourth-order valence-corrected chi connectivity index (χ4v) is 2.53. The van der Waals surface area contributed by atoms with Crippen LogP contribution in [0.25, 0.3) is 0 Å². The average Bonchev–Trinajstić information content (AvgIpc) is 2.61. The molecule has 1 amide bonds. The molecule has 0 unspecified atom stereocenters. The number of nitrogens with one attached hydrogen (secondary N) is 1. The number of hydrogen-bond acceptors (Lipinski definition) is 7. The summed E-state index contributed by atoms with van der Waals surface area (Å²) in [4.78, 5) is 24.0. The lowest BCUT2D eigenvalue weighted by molar-refractivity contribution is -0.385. The first-order chi connectivity index (χ1) is 12.1. The summed E-state index contributed by atoms with van der Waals surface area (Å²) in [5.74, 6) is 0.403. The maximum Gasteiger partial charge on any atom is 0.407 e. The van der Waals surface area contributed by atoms with E-state index in [1.165, 1.54) is 6.07 Å². The minimum absolute atomic E-state index is 0.166. The minimum atomic E-state index is -0.540. The first kappa shape index (κ1) is 18.8. The monoisotopic (exact) mass is 353 g/mol. The topological polar surface area (TPSA) is 114 Å². The van der Waals surface area contributed by atoms with Crippen LogP contribution in [-0.2, 0) is 11.3 Å². The zero-order valence-corrected chi connectivity index (χ0v) is 14.2. The maximum atomic E-state index is 11.5. The van der Waals surface area contributed by atoms with Crippen LogP contribution in [0.5, 0.6) is 5.75 Å². The number of rotatable bonds is 8. The number of nitrogens with zero attached hydrogens (tertiary/aromatic N) is 2. The van der Waals surface area contributed by atoms with E-state index in [-0.39, 0.29) is 11.3 Å². The van der Waals surface area contributed by atoms with Crippen LogP contribution in [0, 0.1) is 10.1 Å². The van der Waals surface area contributed by atoms with Crippen LogP contribution in [0.3, 0.4) is 0 Å². The number of aliphatic hydroxyl groups excluding tert-OH is 1. The molecule has 0 fully saturated rings. The summed E-state index contributed by atoms with van der Waals surface area (Å²) in [5, 5.41) is 23.1. The van der Waals surface area contributed by atoms with E-state index < -0.39 is 17.6 Å². The summed E-state index contributed by atoms with van der Waals surface area (Å²) >= 11 is 0. The summed E-state index contributed by atoms with van der Waals surface area (Å²) in [5.41, 5.74) is 0.731. The third-order valence-corrected chi connectivity index (χ3v) is 3.87. The van der Waals surface area contributed by atoms with E-state index >= 15 is 0 Å². The van der Waals surface area contributed by atoms with E-state index in [0.29, 0.717) is 44.3 Å². The smallest absolute Gasteiger partial charge is 0.407 e. The van der Waals surface area contributed by atoms with Crippen LogP contribution < -0.4 is 15.0 Å². The molecule has 1 aliphatic heterocycles. The molecule has 9 nitrogen and oxygen atoms in total. The Morgan fingerprint density at radius 3 is 3.00 bits per heavy atom. The fraction of sp³-hybridized carbons (Fsp3) is 0.562. The fourth-order valence-electron chi connectivity index (χ4n) is 2.53. The number of amides is 1. The van der Waals surface area contributed by atoms with Gasteiger partial charge in [0.25, 0.3) is 5.69 Å². The second kappa shape index (κ2) is 9.07. The zero-order valence-electron chi connectivity index (χ0n) is 14.2. The number of nitro groups is 1. The first-order valence-electron chi connectivity index (χ1n) is 8.27. The largest absolute Gasteiger partial charge is 0.489 e. The van der Waals surface area contributed by atoms with Crippen molar-refractivity contribution in [2.45, 2.75) is 26.4 Å². The van der Waals surface area contributed by atoms with Gasteiger partial charge in [-0.2, -0.15) is 0 Å². The molecule has 0 spiro atoms. The van der Waals surface area contributed by atoms with Crippen molar-refractivity contribution in [2.24, 2.45) is 0 Å². The predicted octanol–water partition coefficient (Wildman–Crippen LogP) is 1.81. The molecule has 0 aliphatic carbocycles. The molecule has 138 valence electrons. The van der Waals surface area contributed by atoms with Gasteiger partial charge in [-0.1, -0.05) is 13.3 Å². The highest BCUT2D eigenvalue weighted by molar-refractivity contribution is 5.68. The number of benzene rings is 1. The van der Waals surface area contributed by atoms with Crippen molar-refractivity contribution in [1.29, 1.82) is 0 Å². The van der Waals surface area contributed by atoms with E-state index in [1.54, 1.807) is 6.07 Å². The molecular formula is C16H23N3O6. The van der Waals surface area contributed by atoms with Crippen molar-refractivity contribution < 1.29 is 24.3 Å². The SMILES string of the molecule is CCCCOC(=O)NCCN1CCOc2cc([N+](=O)[O-])c(CO)cc21. The number of ether oxygens (including phenoxy) is 2. The first-order valence-corrected chi connectivity index (χ1v) is 8.27. The van der Waals surface area contributed by atoms with Crippen LogP contribution in [0.1, 0.15) is 25.3 Å². The van der Waals surface area contributed by atoms with Crippen LogP contribution in [0.4, 0.5) is 16.2 Å². The number of nitro benzene ring substituents is 1. The second-order valence-corrected chi connectivity index (χ2v) is 5.62. The van der Waals surface area contributed by atoms with Gasteiger partial charge in [-0.25, -0.2) is 4.79 Å². The Balaban J connectivity index is 1.99. The Bertz CT molecular complexity index is 622. The Morgan fingerprint density at radius 2 is 2.32 bits per heavy atom. The van der Waals surface area contributed by atoms with Crippen molar-refractivity contribution >= 4 is 17.5 Å². The van der Waals surface area contributed by atoms with E-state index in [4.69, 9.17) is 9.47 Å². The average molecular weight is 353 g/mol. The van der Waals surface area contributed by atoms with Crippen molar-refractivity contribution in [1.82, 2.24) is 5.32 Å². The van der Waals surface area contributed by atoms with Gasteiger partial charge in [0.1, 0.15) is 12.4 Å². The number of anilines is 1. The lowest BCUT2D eigenvalue weighted by Crippen LogP contribution is -2.39. The molecule has 1 aromatic rings. The van der Waals surface area contributed by atoms with Gasteiger partial charge in [0.15, 0.2) is 0 Å². The van der Waals surface area contributed by atoms with Gasteiger partial charge in [0, 0.05) is 13.1 Å². The normalized spacial score (nSPS) is 13.0. The standard InChI is InChI=1S/C16H23N3O6/c1-2-3-7-25-16(21)17-4-5-18-6-8-24-15-10-13(19(22)23)12(11-20)9-14(15)18/h9-10,20H,2-8,11H2,1H3,(H,17,21).